The van der Waals surface area contributed by atoms with E-state index in [0.29, 0.717) is 12.8 Å². The first kappa shape index (κ1) is 12.6. The van der Waals surface area contributed by atoms with Crippen molar-refractivity contribution in [3.05, 3.63) is 46.0 Å². The van der Waals surface area contributed by atoms with Crippen LogP contribution in [0.4, 0.5) is 0 Å². The van der Waals surface area contributed by atoms with Gasteiger partial charge in [0, 0.05) is 18.8 Å². The van der Waals surface area contributed by atoms with Gasteiger partial charge in [0.1, 0.15) is 6.10 Å². The lowest BCUT2D eigenvalue weighted by molar-refractivity contribution is -0.573. The van der Waals surface area contributed by atoms with Crippen LogP contribution in [-0.4, -0.2) is 21.7 Å². The number of nitro groups is 1. The van der Waals surface area contributed by atoms with E-state index in [1.807, 2.05) is 30.3 Å². The largest absolute Gasteiger partial charge is 0.386 e. The zero-order valence-electron chi connectivity index (χ0n) is 9.59. The van der Waals surface area contributed by atoms with Crippen LogP contribution in [0.15, 0.2) is 30.3 Å². The van der Waals surface area contributed by atoms with Crippen LogP contribution in [-0.2, 0) is 6.42 Å². The maximum atomic E-state index is 10.7. The van der Waals surface area contributed by atoms with Gasteiger partial charge in [-0.05, 0) is 18.4 Å². The molecule has 0 saturated carbocycles. The monoisotopic (exact) mass is 223 g/mol. The van der Waals surface area contributed by atoms with Gasteiger partial charge in [0.25, 0.3) is 0 Å². The number of nitrogens with zero attached hydrogens (tertiary/aromatic N) is 1. The molecule has 1 aromatic carbocycles. The van der Waals surface area contributed by atoms with Crippen molar-refractivity contribution in [1.29, 1.82) is 0 Å². The summed E-state index contributed by atoms with van der Waals surface area (Å²) >= 11 is 0. The molecule has 1 atom stereocenters. The predicted molar refractivity (Wildman–Crippen MR) is 61.8 cm³/mol. The molecule has 88 valence electrons. The normalized spacial score (nSPS) is 13.4. The lowest BCUT2D eigenvalue weighted by Crippen LogP contribution is -2.43. The average Bonchev–Trinajstić information content (AvgIpc) is 2.27. The van der Waals surface area contributed by atoms with Crippen LogP contribution in [0.2, 0.25) is 0 Å². The van der Waals surface area contributed by atoms with E-state index in [0.717, 1.165) is 5.56 Å². The molecule has 1 N–H and O–H groups in total. The summed E-state index contributed by atoms with van der Waals surface area (Å²) in [5, 5.41) is 20.5. The minimum Gasteiger partial charge on any atom is -0.386 e. The van der Waals surface area contributed by atoms with Crippen molar-refractivity contribution >= 4 is 0 Å². The second-order valence-corrected chi connectivity index (χ2v) is 4.45. The minimum atomic E-state index is -1.28. The van der Waals surface area contributed by atoms with Crippen molar-refractivity contribution in [2.75, 3.05) is 0 Å². The standard InChI is InChI=1S/C12H17NO3/c1-12(2,13(15)16)11(14)9-8-10-6-4-3-5-7-10/h3-7,11,14H,8-9H2,1-2H3. The van der Waals surface area contributed by atoms with Crippen molar-refractivity contribution in [2.24, 2.45) is 0 Å². The van der Waals surface area contributed by atoms with Gasteiger partial charge >= 0.3 is 0 Å². The minimum absolute atomic E-state index is 0.401. The summed E-state index contributed by atoms with van der Waals surface area (Å²) in [6.45, 7) is 2.89. The van der Waals surface area contributed by atoms with E-state index in [4.69, 9.17) is 0 Å². The van der Waals surface area contributed by atoms with E-state index in [2.05, 4.69) is 0 Å². The Kier molecular flexibility index (Phi) is 4.01. The number of aryl methyl sites for hydroxylation is 1. The summed E-state index contributed by atoms with van der Waals surface area (Å²) in [6, 6.07) is 9.65. The molecule has 0 aliphatic heterocycles. The fourth-order valence-corrected chi connectivity index (χ4v) is 1.42. The molecule has 0 radical (unpaired) electrons. The van der Waals surface area contributed by atoms with Crippen LogP contribution in [0.3, 0.4) is 0 Å². The van der Waals surface area contributed by atoms with E-state index in [-0.39, 0.29) is 0 Å². The van der Waals surface area contributed by atoms with Gasteiger partial charge in [0.2, 0.25) is 5.54 Å². The summed E-state index contributed by atoms with van der Waals surface area (Å²) in [6.07, 6.45) is 0.125. The molecular formula is C12H17NO3. The molecular weight excluding hydrogens is 206 g/mol. The molecule has 0 bridgehead atoms. The fourth-order valence-electron chi connectivity index (χ4n) is 1.42. The zero-order chi connectivity index (χ0) is 12.2. The van der Waals surface area contributed by atoms with Gasteiger partial charge in [-0.15, -0.1) is 0 Å². The maximum absolute atomic E-state index is 10.7. The molecule has 0 spiro atoms. The molecule has 1 aromatic rings. The van der Waals surface area contributed by atoms with Crippen LogP contribution >= 0.6 is 0 Å². The van der Waals surface area contributed by atoms with E-state index < -0.39 is 16.6 Å². The number of hydrogen-bond donors (Lipinski definition) is 1. The third-order valence-corrected chi connectivity index (χ3v) is 2.84. The van der Waals surface area contributed by atoms with Crippen molar-refractivity contribution in [3.8, 4) is 0 Å². The molecule has 0 aliphatic carbocycles. The lowest BCUT2D eigenvalue weighted by atomic mass is 9.93. The highest BCUT2D eigenvalue weighted by Crippen LogP contribution is 2.18. The molecule has 4 heteroatoms. The highest BCUT2D eigenvalue weighted by atomic mass is 16.6. The predicted octanol–water partition coefficient (Wildman–Crippen LogP) is 2.04. The molecule has 0 heterocycles. The SMILES string of the molecule is CC(C)(C(O)CCc1ccccc1)[N+](=O)[O-]. The van der Waals surface area contributed by atoms with Gasteiger partial charge in [0.05, 0.1) is 0 Å². The second kappa shape index (κ2) is 5.07. The van der Waals surface area contributed by atoms with E-state index >= 15 is 0 Å². The molecule has 4 nitrogen and oxygen atoms in total. The zero-order valence-corrected chi connectivity index (χ0v) is 9.59. The van der Waals surface area contributed by atoms with Crippen LogP contribution in [0.25, 0.3) is 0 Å². The van der Waals surface area contributed by atoms with E-state index in [1.54, 1.807) is 0 Å². The van der Waals surface area contributed by atoms with Crippen LogP contribution in [0.1, 0.15) is 25.8 Å². The number of hydrogen-bond acceptors (Lipinski definition) is 3. The molecule has 1 unspecified atom stereocenters. The topological polar surface area (TPSA) is 63.4 Å². The fraction of sp³-hybridized carbons (Fsp3) is 0.500. The lowest BCUT2D eigenvalue weighted by Gasteiger charge is -2.21. The van der Waals surface area contributed by atoms with Gasteiger partial charge in [-0.3, -0.25) is 10.1 Å². The van der Waals surface area contributed by atoms with Crippen LogP contribution in [0, 0.1) is 10.1 Å². The highest BCUT2D eigenvalue weighted by molar-refractivity contribution is 5.14. The first-order valence-corrected chi connectivity index (χ1v) is 5.31. The number of rotatable bonds is 5. The van der Waals surface area contributed by atoms with Crippen molar-refractivity contribution in [2.45, 2.75) is 38.3 Å². The van der Waals surface area contributed by atoms with Gasteiger partial charge in [-0.2, -0.15) is 0 Å². The molecule has 0 fully saturated rings. The molecule has 0 aliphatic rings. The van der Waals surface area contributed by atoms with E-state index in [9.17, 15) is 15.2 Å². The smallest absolute Gasteiger partial charge is 0.242 e. The maximum Gasteiger partial charge on any atom is 0.242 e. The molecule has 0 saturated heterocycles. The summed E-state index contributed by atoms with van der Waals surface area (Å²) in [4.78, 5) is 10.3. The Morgan fingerprint density at radius 2 is 1.94 bits per heavy atom. The van der Waals surface area contributed by atoms with Crippen LogP contribution in [0.5, 0.6) is 0 Å². The highest BCUT2D eigenvalue weighted by Gasteiger charge is 2.39. The molecule has 16 heavy (non-hydrogen) atoms. The molecule has 0 amide bonds. The van der Waals surface area contributed by atoms with Crippen molar-refractivity contribution in [1.82, 2.24) is 0 Å². The summed E-state index contributed by atoms with van der Waals surface area (Å²) in [7, 11) is 0. The Morgan fingerprint density at radius 3 is 2.44 bits per heavy atom. The summed E-state index contributed by atoms with van der Waals surface area (Å²) < 4.78 is 0. The number of aliphatic hydroxyl groups excluding tert-OH is 1. The summed E-state index contributed by atoms with van der Waals surface area (Å²) in [5.74, 6) is 0. The van der Waals surface area contributed by atoms with Crippen LogP contribution < -0.4 is 0 Å². The van der Waals surface area contributed by atoms with Gasteiger partial charge < -0.3 is 5.11 Å². The first-order valence-electron chi connectivity index (χ1n) is 5.31. The third-order valence-electron chi connectivity index (χ3n) is 2.84. The number of benzene rings is 1. The third kappa shape index (κ3) is 3.03. The van der Waals surface area contributed by atoms with Crippen molar-refractivity contribution in [3.63, 3.8) is 0 Å². The Bertz CT molecular complexity index is 349. The Morgan fingerprint density at radius 1 is 1.38 bits per heavy atom. The van der Waals surface area contributed by atoms with Gasteiger partial charge in [0.15, 0.2) is 0 Å². The second-order valence-electron chi connectivity index (χ2n) is 4.45. The average molecular weight is 223 g/mol. The van der Waals surface area contributed by atoms with Gasteiger partial charge in [-0.1, -0.05) is 30.3 Å². The number of aliphatic hydroxyl groups is 1. The van der Waals surface area contributed by atoms with Crippen molar-refractivity contribution < 1.29 is 10.0 Å². The van der Waals surface area contributed by atoms with Gasteiger partial charge in [-0.25, -0.2) is 0 Å². The Hall–Kier alpha value is -1.42. The Balaban J connectivity index is 2.53. The quantitative estimate of drug-likeness (QED) is 0.613. The molecule has 1 rings (SSSR count). The summed E-state index contributed by atoms with van der Waals surface area (Å²) in [5.41, 5.74) is -0.199. The van der Waals surface area contributed by atoms with E-state index in [1.165, 1.54) is 13.8 Å². The Labute approximate surface area is 95.1 Å². The first-order chi connectivity index (χ1) is 7.44. The molecule has 0 aromatic heterocycles.